The van der Waals surface area contributed by atoms with Crippen LogP contribution in [0.3, 0.4) is 0 Å². The summed E-state index contributed by atoms with van der Waals surface area (Å²) in [7, 11) is 0. The molecule has 0 aliphatic rings. The highest BCUT2D eigenvalue weighted by Crippen LogP contribution is 2.29. The lowest BCUT2D eigenvalue weighted by atomic mass is 9.98. The minimum Gasteiger partial charge on any atom is -0.478 e. The fourth-order valence-electron chi connectivity index (χ4n) is 2.14. The number of anilines is 1. The fraction of sp³-hybridized carbons (Fsp3) is 0.250. The Morgan fingerprint density at radius 3 is 2.57 bits per heavy atom. The molecule has 3 N–H and O–H groups in total. The summed E-state index contributed by atoms with van der Waals surface area (Å²) in [5, 5.41) is 8.87. The smallest absolute Gasteiger partial charge is 0.337 e. The first-order valence-corrected chi connectivity index (χ1v) is 6.65. The van der Waals surface area contributed by atoms with Crippen molar-refractivity contribution in [1.82, 2.24) is 4.98 Å². The second-order valence-electron chi connectivity index (χ2n) is 5.20. The molecule has 0 fully saturated rings. The number of nitrogen functional groups attached to an aromatic ring is 1. The Morgan fingerprint density at radius 1 is 1.33 bits per heavy atom. The predicted molar refractivity (Wildman–Crippen MR) is 81.0 cm³/mol. The van der Waals surface area contributed by atoms with Crippen LogP contribution in [0.25, 0.3) is 0 Å². The van der Waals surface area contributed by atoms with Crippen LogP contribution in [0.2, 0.25) is 0 Å². The minimum absolute atomic E-state index is 0.0335. The largest absolute Gasteiger partial charge is 0.478 e. The van der Waals surface area contributed by atoms with Crippen LogP contribution >= 0.6 is 0 Å². The SMILES string of the molecule is Cc1cc(Oc2ncc(C(=O)O)cc2N)ccc1C(C)C. The Kier molecular flexibility index (Phi) is 4.12. The number of rotatable bonds is 4. The zero-order valence-electron chi connectivity index (χ0n) is 12.3. The lowest BCUT2D eigenvalue weighted by Crippen LogP contribution is -2.02. The number of benzene rings is 1. The molecule has 1 heterocycles. The van der Waals surface area contributed by atoms with Crippen LogP contribution in [-0.4, -0.2) is 16.1 Å². The minimum atomic E-state index is -1.07. The van der Waals surface area contributed by atoms with Gasteiger partial charge in [-0.3, -0.25) is 0 Å². The summed E-state index contributed by atoms with van der Waals surface area (Å²) < 4.78 is 5.63. The molecule has 5 heteroatoms. The number of aromatic carboxylic acids is 1. The van der Waals surface area contributed by atoms with E-state index in [1.54, 1.807) is 0 Å². The number of aromatic nitrogens is 1. The van der Waals surface area contributed by atoms with E-state index < -0.39 is 5.97 Å². The van der Waals surface area contributed by atoms with Gasteiger partial charge in [-0.15, -0.1) is 0 Å². The van der Waals surface area contributed by atoms with Gasteiger partial charge in [-0.05, 0) is 42.2 Å². The van der Waals surface area contributed by atoms with Crippen molar-refractivity contribution < 1.29 is 14.6 Å². The van der Waals surface area contributed by atoms with Crippen molar-refractivity contribution in [1.29, 1.82) is 0 Å². The number of hydrogen-bond acceptors (Lipinski definition) is 4. The molecule has 1 aromatic carbocycles. The van der Waals surface area contributed by atoms with Crippen molar-refractivity contribution in [2.24, 2.45) is 0 Å². The standard InChI is InChI=1S/C16H18N2O3/c1-9(2)13-5-4-12(6-10(13)3)21-15-14(17)7-11(8-18-15)16(19)20/h4-9H,17H2,1-3H3,(H,19,20). The van der Waals surface area contributed by atoms with Gasteiger partial charge in [-0.1, -0.05) is 19.9 Å². The maximum atomic E-state index is 10.8. The molecule has 1 aromatic heterocycles. The number of hydrogen-bond donors (Lipinski definition) is 2. The Hall–Kier alpha value is -2.56. The van der Waals surface area contributed by atoms with Crippen molar-refractivity contribution in [3.63, 3.8) is 0 Å². The third-order valence-corrected chi connectivity index (χ3v) is 3.20. The van der Waals surface area contributed by atoms with E-state index in [1.807, 2.05) is 25.1 Å². The van der Waals surface area contributed by atoms with E-state index in [0.29, 0.717) is 11.7 Å². The molecule has 21 heavy (non-hydrogen) atoms. The van der Waals surface area contributed by atoms with Gasteiger partial charge in [0.05, 0.1) is 11.3 Å². The van der Waals surface area contributed by atoms with E-state index >= 15 is 0 Å². The van der Waals surface area contributed by atoms with E-state index in [4.69, 9.17) is 15.6 Å². The lowest BCUT2D eigenvalue weighted by molar-refractivity contribution is 0.0696. The number of nitrogens with zero attached hydrogens (tertiary/aromatic N) is 1. The number of carbonyl (C=O) groups is 1. The first-order chi connectivity index (χ1) is 9.88. The molecule has 0 unspecified atom stereocenters. The van der Waals surface area contributed by atoms with E-state index in [2.05, 4.69) is 18.8 Å². The van der Waals surface area contributed by atoms with Crippen LogP contribution in [0.15, 0.2) is 30.5 Å². The normalized spacial score (nSPS) is 10.7. The maximum absolute atomic E-state index is 10.8. The van der Waals surface area contributed by atoms with Crippen LogP contribution in [0.4, 0.5) is 5.69 Å². The van der Waals surface area contributed by atoms with Gasteiger partial charge < -0.3 is 15.6 Å². The highest BCUT2D eigenvalue weighted by atomic mass is 16.5. The molecule has 0 saturated heterocycles. The van der Waals surface area contributed by atoms with Crippen molar-refractivity contribution in [2.75, 3.05) is 5.73 Å². The molecule has 2 rings (SSSR count). The van der Waals surface area contributed by atoms with Crippen LogP contribution < -0.4 is 10.5 Å². The van der Waals surface area contributed by atoms with Gasteiger partial charge in [0.15, 0.2) is 0 Å². The molecule has 0 spiro atoms. The molecule has 5 nitrogen and oxygen atoms in total. The van der Waals surface area contributed by atoms with Crippen LogP contribution in [0.5, 0.6) is 11.6 Å². The first-order valence-electron chi connectivity index (χ1n) is 6.65. The number of carboxylic acid groups (broad SMARTS) is 1. The quantitative estimate of drug-likeness (QED) is 0.897. The van der Waals surface area contributed by atoms with Crippen molar-refractivity contribution >= 4 is 11.7 Å². The Bertz CT molecular complexity index is 681. The monoisotopic (exact) mass is 286 g/mol. The van der Waals surface area contributed by atoms with Gasteiger partial charge in [0.2, 0.25) is 5.88 Å². The molecule has 110 valence electrons. The topological polar surface area (TPSA) is 85.4 Å². The second-order valence-corrected chi connectivity index (χ2v) is 5.20. The van der Waals surface area contributed by atoms with Gasteiger partial charge in [0, 0.05) is 6.20 Å². The molecule has 0 radical (unpaired) electrons. The van der Waals surface area contributed by atoms with Gasteiger partial charge in [0.1, 0.15) is 5.75 Å². The van der Waals surface area contributed by atoms with Gasteiger partial charge in [-0.25, -0.2) is 9.78 Å². The molecule has 0 bridgehead atoms. The van der Waals surface area contributed by atoms with Crippen LogP contribution in [-0.2, 0) is 0 Å². The van der Waals surface area contributed by atoms with E-state index in [0.717, 1.165) is 5.56 Å². The number of carboxylic acids is 1. The maximum Gasteiger partial charge on any atom is 0.337 e. The van der Waals surface area contributed by atoms with Gasteiger partial charge >= 0.3 is 5.97 Å². The molecule has 0 aliphatic heterocycles. The summed E-state index contributed by atoms with van der Waals surface area (Å²) in [6.07, 6.45) is 1.23. The second kappa shape index (κ2) is 5.83. The van der Waals surface area contributed by atoms with Gasteiger partial charge in [0.25, 0.3) is 0 Å². The number of nitrogens with two attached hydrogens (primary N) is 1. The summed E-state index contributed by atoms with van der Waals surface area (Å²) in [5.41, 5.74) is 8.38. The molecule has 0 amide bonds. The highest BCUT2D eigenvalue weighted by Gasteiger charge is 2.11. The molecular weight excluding hydrogens is 268 g/mol. The molecular formula is C16H18N2O3. The van der Waals surface area contributed by atoms with E-state index in [-0.39, 0.29) is 17.1 Å². The summed E-state index contributed by atoms with van der Waals surface area (Å²) in [4.78, 5) is 14.8. The molecule has 0 atom stereocenters. The zero-order chi connectivity index (χ0) is 15.6. The summed E-state index contributed by atoms with van der Waals surface area (Å²) in [6.45, 7) is 6.28. The van der Waals surface area contributed by atoms with E-state index in [1.165, 1.54) is 17.8 Å². The molecule has 0 saturated carbocycles. The summed E-state index contributed by atoms with van der Waals surface area (Å²) in [5.74, 6) is 0.200. The number of pyridine rings is 1. The van der Waals surface area contributed by atoms with Crippen LogP contribution in [0.1, 0.15) is 41.3 Å². The lowest BCUT2D eigenvalue weighted by Gasteiger charge is -2.12. The number of aryl methyl sites for hydroxylation is 1. The Balaban J connectivity index is 2.26. The third kappa shape index (κ3) is 3.31. The average Bonchev–Trinajstić information content (AvgIpc) is 2.40. The van der Waals surface area contributed by atoms with Gasteiger partial charge in [-0.2, -0.15) is 0 Å². The molecule has 2 aromatic rings. The third-order valence-electron chi connectivity index (χ3n) is 3.20. The Labute approximate surface area is 123 Å². The predicted octanol–water partition coefficient (Wildman–Crippen LogP) is 3.59. The summed E-state index contributed by atoms with van der Waals surface area (Å²) in [6, 6.07) is 7.12. The van der Waals surface area contributed by atoms with Crippen molar-refractivity contribution in [2.45, 2.75) is 26.7 Å². The van der Waals surface area contributed by atoms with Crippen LogP contribution in [0, 0.1) is 6.92 Å². The number of ether oxygens (including phenoxy) is 1. The average molecular weight is 286 g/mol. The van der Waals surface area contributed by atoms with Crippen molar-refractivity contribution in [3.8, 4) is 11.6 Å². The Morgan fingerprint density at radius 2 is 2.05 bits per heavy atom. The first kappa shape index (κ1) is 14.8. The highest BCUT2D eigenvalue weighted by molar-refractivity contribution is 5.88. The van der Waals surface area contributed by atoms with E-state index in [9.17, 15) is 4.79 Å². The zero-order valence-corrected chi connectivity index (χ0v) is 12.3. The fourth-order valence-corrected chi connectivity index (χ4v) is 2.14. The van der Waals surface area contributed by atoms with Crippen molar-refractivity contribution in [3.05, 3.63) is 47.2 Å². The summed E-state index contributed by atoms with van der Waals surface area (Å²) >= 11 is 0. The molecule has 0 aliphatic carbocycles.